The van der Waals surface area contributed by atoms with Gasteiger partial charge in [0, 0.05) is 6.42 Å². The first-order chi connectivity index (χ1) is 24.5. The number of ether oxygens (including phenoxy) is 8. The summed E-state index contributed by atoms with van der Waals surface area (Å²) in [5.41, 5.74) is 4.95. The summed E-state index contributed by atoms with van der Waals surface area (Å²) < 4.78 is 47.1. The van der Waals surface area contributed by atoms with Gasteiger partial charge in [0.05, 0.1) is 47.8 Å². The minimum atomic E-state index is -0.913. The third-order valence-electron chi connectivity index (χ3n) is 9.93. The molecule has 1 aliphatic rings. The Labute approximate surface area is 302 Å². The van der Waals surface area contributed by atoms with Gasteiger partial charge in [0.25, 0.3) is 0 Å². The van der Waals surface area contributed by atoms with E-state index in [0.717, 1.165) is 28.9 Å². The number of hydrogen-bond acceptors (Lipinski definition) is 9. The van der Waals surface area contributed by atoms with E-state index in [2.05, 4.69) is 39.0 Å². The number of aryl methyl sites for hydroxylation is 1. The zero-order valence-corrected chi connectivity index (χ0v) is 31.4. The smallest absolute Gasteiger partial charge is 0.161 e. The molecule has 0 saturated carbocycles. The Morgan fingerprint density at radius 3 is 1.61 bits per heavy atom. The molecule has 1 aliphatic heterocycles. The van der Waals surface area contributed by atoms with Gasteiger partial charge in [-0.3, -0.25) is 0 Å². The van der Waals surface area contributed by atoms with Gasteiger partial charge < -0.3 is 43.0 Å². The first-order valence-corrected chi connectivity index (χ1v) is 17.4. The van der Waals surface area contributed by atoms with E-state index in [-0.39, 0.29) is 30.1 Å². The van der Waals surface area contributed by atoms with E-state index < -0.39 is 12.2 Å². The number of rotatable bonds is 15. The Hall–Kier alpha value is -4.60. The summed E-state index contributed by atoms with van der Waals surface area (Å²) in [6.45, 7) is 10.4. The monoisotopic (exact) mass is 700 g/mol. The van der Waals surface area contributed by atoms with Crippen molar-refractivity contribution in [1.82, 2.24) is 0 Å². The normalized spacial score (nSPS) is 20.2. The van der Waals surface area contributed by atoms with E-state index in [4.69, 9.17) is 37.9 Å². The van der Waals surface area contributed by atoms with E-state index in [1.165, 1.54) is 5.56 Å². The van der Waals surface area contributed by atoms with Crippen LogP contribution in [0.2, 0.25) is 0 Å². The van der Waals surface area contributed by atoms with E-state index in [0.29, 0.717) is 40.1 Å². The topological polar surface area (TPSA) is 94.1 Å². The molecule has 0 aliphatic carbocycles. The second-order valence-corrected chi connectivity index (χ2v) is 13.3. The molecule has 1 saturated heterocycles. The fourth-order valence-electron chi connectivity index (χ4n) is 6.87. The minimum Gasteiger partial charge on any atom is -0.496 e. The van der Waals surface area contributed by atoms with Crippen LogP contribution in [0.1, 0.15) is 73.8 Å². The van der Waals surface area contributed by atoms with Gasteiger partial charge in [0.1, 0.15) is 24.1 Å². The lowest BCUT2D eigenvalue weighted by atomic mass is 9.85. The Kier molecular flexibility index (Phi) is 12.3. The Bertz CT molecular complexity index is 1770. The summed E-state index contributed by atoms with van der Waals surface area (Å²) in [4.78, 5) is 0. The van der Waals surface area contributed by atoms with Crippen LogP contribution in [0.25, 0.3) is 0 Å². The molecular weight excluding hydrogens is 648 g/mol. The van der Waals surface area contributed by atoms with Gasteiger partial charge in [0.2, 0.25) is 0 Å². The average Bonchev–Trinajstić information content (AvgIpc) is 3.44. The molecule has 5 rings (SSSR count). The molecule has 1 fully saturated rings. The third kappa shape index (κ3) is 8.32. The van der Waals surface area contributed by atoms with Crippen LogP contribution in [-0.4, -0.2) is 52.9 Å². The fourth-order valence-corrected chi connectivity index (χ4v) is 6.87. The van der Waals surface area contributed by atoms with Crippen LogP contribution in [0.3, 0.4) is 0 Å². The van der Waals surface area contributed by atoms with Crippen LogP contribution >= 0.6 is 0 Å². The number of methoxy groups -OCH3 is 5. The molecule has 0 spiro atoms. The molecule has 4 aromatic carbocycles. The van der Waals surface area contributed by atoms with E-state index in [9.17, 15) is 5.11 Å². The summed E-state index contributed by atoms with van der Waals surface area (Å²) >= 11 is 0. The van der Waals surface area contributed by atoms with Crippen LogP contribution in [0, 0.1) is 18.8 Å². The summed E-state index contributed by atoms with van der Waals surface area (Å²) in [7, 11) is 8.10. The molecule has 7 atom stereocenters. The number of hydrogen-bond donors (Lipinski definition) is 1. The molecule has 0 amide bonds. The SMILES string of the molecule is COc1ccc(C[C@@H](C)Oc2ccc([C@H]3O[C@H](c4ccc(O[C@H](C)[C@H](O)c5ccc(OC)c(OC)c5)c(OC)c4)[C@H](C)[C@H]3C)cc2OC)cc1C. The summed E-state index contributed by atoms with van der Waals surface area (Å²) in [5.74, 6) is 4.90. The minimum absolute atomic E-state index is 0.0669. The van der Waals surface area contributed by atoms with Gasteiger partial charge in [-0.1, -0.05) is 44.2 Å². The van der Waals surface area contributed by atoms with Crippen molar-refractivity contribution < 1.29 is 43.0 Å². The molecule has 51 heavy (non-hydrogen) atoms. The van der Waals surface area contributed by atoms with Gasteiger partial charge in [-0.05, 0) is 103 Å². The zero-order valence-electron chi connectivity index (χ0n) is 31.4. The Balaban J connectivity index is 1.27. The third-order valence-corrected chi connectivity index (χ3v) is 9.93. The van der Waals surface area contributed by atoms with Crippen molar-refractivity contribution >= 4 is 0 Å². The highest BCUT2D eigenvalue weighted by Gasteiger charge is 2.41. The molecular formula is C42H52O9. The van der Waals surface area contributed by atoms with Gasteiger partial charge >= 0.3 is 0 Å². The second-order valence-electron chi connectivity index (χ2n) is 13.3. The predicted octanol–water partition coefficient (Wildman–Crippen LogP) is 8.63. The van der Waals surface area contributed by atoms with E-state index in [1.807, 2.05) is 50.2 Å². The maximum atomic E-state index is 11.1. The van der Waals surface area contributed by atoms with Gasteiger partial charge in [-0.2, -0.15) is 0 Å². The maximum absolute atomic E-state index is 11.1. The molecule has 1 heterocycles. The molecule has 0 radical (unpaired) electrons. The summed E-state index contributed by atoms with van der Waals surface area (Å²) in [6.07, 6.45) is -1.12. The van der Waals surface area contributed by atoms with Gasteiger partial charge in [0.15, 0.2) is 34.5 Å². The van der Waals surface area contributed by atoms with Gasteiger partial charge in [-0.15, -0.1) is 0 Å². The molecule has 1 N–H and O–H groups in total. The van der Waals surface area contributed by atoms with Crippen LogP contribution in [0.5, 0.6) is 40.2 Å². The van der Waals surface area contributed by atoms with E-state index in [1.54, 1.807) is 53.7 Å². The van der Waals surface area contributed by atoms with Crippen molar-refractivity contribution in [2.75, 3.05) is 35.5 Å². The van der Waals surface area contributed by atoms with Crippen LogP contribution in [-0.2, 0) is 11.2 Å². The highest BCUT2D eigenvalue weighted by atomic mass is 16.5. The standard InChI is InChI=1S/C42H52O9/c1-24-19-29(11-15-33(24)44-6)20-25(2)49-35-17-13-31(22-38(35)47-9)41-26(3)27(4)42(51-41)32-14-18-36(39(23-32)48-10)50-28(5)40(43)30-12-16-34(45-7)37(21-30)46-8/h11-19,21-23,25-28,40-43H,20H2,1-10H3/t25-,26-,27-,28-,40+,41+,42+/m1/s1. The van der Waals surface area contributed by atoms with Crippen molar-refractivity contribution in [2.24, 2.45) is 11.8 Å². The summed E-state index contributed by atoms with van der Waals surface area (Å²) in [6, 6.07) is 23.4. The molecule has 9 heteroatoms. The second kappa shape index (κ2) is 16.6. The Morgan fingerprint density at radius 1 is 0.588 bits per heavy atom. The van der Waals surface area contributed by atoms with Crippen LogP contribution in [0.4, 0.5) is 0 Å². The Morgan fingerprint density at radius 2 is 1.08 bits per heavy atom. The molecule has 274 valence electrons. The quantitative estimate of drug-likeness (QED) is 0.131. The van der Waals surface area contributed by atoms with Gasteiger partial charge in [-0.25, -0.2) is 0 Å². The number of aliphatic hydroxyl groups is 1. The lowest BCUT2D eigenvalue weighted by Gasteiger charge is -2.24. The van der Waals surface area contributed by atoms with Crippen molar-refractivity contribution in [3.63, 3.8) is 0 Å². The number of aliphatic hydroxyl groups excluding tert-OH is 1. The molecule has 9 nitrogen and oxygen atoms in total. The van der Waals surface area contributed by atoms with Crippen molar-refractivity contribution in [3.8, 4) is 40.2 Å². The molecule has 0 unspecified atom stereocenters. The first kappa shape index (κ1) is 37.7. The van der Waals surface area contributed by atoms with Crippen molar-refractivity contribution in [3.05, 3.63) is 101 Å². The molecule has 4 aromatic rings. The zero-order chi connectivity index (χ0) is 36.8. The maximum Gasteiger partial charge on any atom is 0.161 e. The van der Waals surface area contributed by atoms with Crippen LogP contribution in [0.15, 0.2) is 72.8 Å². The average molecular weight is 701 g/mol. The molecule has 0 aromatic heterocycles. The van der Waals surface area contributed by atoms with Crippen molar-refractivity contribution in [2.45, 2.75) is 71.6 Å². The largest absolute Gasteiger partial charge is 0.496 e. The lowest BCUT2D eigenvalue weighted by Crippen LogP contribution is -2.22. The molecule has 0 bridgehead atoms. The van der Waals surface area contributed by atoms with E-state index >= 15 is 0 Å². The fraction of sp³-hybridized carbons (Fsp3) is 0.429. The summed E-state index contributed by atoms with van der Waals surface area (Å²) in [5, 5.41) is 11.1. The van der Waals surface area contributed by atoms with Crippen LogP contribution < -0.4 is 33.2 Å². The number of benzene rings is 4. The highest BCUT2D eigenvalue weighted by molar-refractivity contribution is 5.47. The predicted molar refractivity (Wildman–Crippen MR) is 197 cm³/mol. The lowest BCUT2D eigenvalue weighted by molar-refractivity contribution is 0.0284. The highest BCUT2D eigenvalue weighted by Crippen LogP contribution is 2.51. The first-order valence-electron chi connectivity index (χ1n) is 17.4. The van der Waals surface area contributed by atoms with Crippen molar-refractivity contribution in [1.29, 1.82) is 0 Å².